The van der Waals surface area contributed by atoms with E-state index in [1.807, 2.05) is 6.92 Å². The Kier molecular flexibility index (Phi) is 6.04. The fraction of sp³-hybridized carbons (Fsp3) is 0.471. The van der Waals surface area contributed by atoms with Crippen LogP contribution in [0.15, 0.2) is 18.5 Å². The maximum Gasteiger partial charge on any atom is 0.354 e. The highest BCUT2D eigenvalue weighted by molar-refractivity contribution is 6.02. The van der Waals surface area contributed by atoms with Crippen LogP contribution in [0.1, 0.15) is 40.7 Å². The zero-order chi connectivity index (χ0) is 20.1. The number of amides is 2. The van der Waals surface area contributed by atoms with Crippen LogP contribution in [0.3, 0.4) is 0 Å². The van der Waals surface area contributed by atoms with Crippen LogP contribution in [-0.4, -0.2) is 61.7 Å². The fourth-order valence-corrected chi connectivity index (χ4v) is 2.90. The number of aromatic nitrogens is 4. The van der Waals surface area contributed by atoms with E-state index in [4.69, 9.17) is 9.84 Å². The molecule has 2 amide bonds. The molecule has 1 aliphatic rings. The Morgan fingerprint density at radius 2 is 2.21 bits per heavy atom. The SMILES string of the molecule is CCn1cc(NC(=O)Cn2nccc2C(=O)O)c(C(=O)NCC2CCCO2)n1. The molecule has 1 saturated heterocycles. The normalized spacial score (nSPS) is 16.1. The number of hydrogen-bond donors (Lipinski definition) is 3. The first kappa shape index (κ1) is 19.5. The summed E-state index contributed by atoms with van der Waals surface area (Å²) >= 11 is 0. The number of rotatable bonds is 8. The molecular weight excluding hydrogens is 368 g/mol. The number of carbonyl (C=O) groups is 3. The lowest BCUT2D eigenvalue weighted by Gasteiger charge is -2.11. The molecule has 3 N–H and O–H groups in total. The molecule has 150 valence electrons. The van der Waals surface area contributed by atoms with E-state index in [1.165, 1.54) is 16.9 Å². The van der Waals surface area contributed by atoms with Crippen LogP contribution < -0.4 is 10.6 Å². The van der Waals surface area contributed by atoms with Gasteiger partial charge in [-0.05, 0) is 25.8 Å². The van der Waals surface area contributed by atoms with Gasteiger partial charge in [-0.2, -0.15) is 10.2 Å². The molecule has 0 saturated carbocycles. The Morgan fingerprint density at radius 3 is 2.89 bits per heavy atom. The molecule has 1 atom stereocenters. The zero-order valence-electron chi connectivity index (χ0n) is 15.4. The minimum atomic E-state index is -1.18. The second kappa shape index (κ2) is 8.65. The molecule has 0 bridgehead atoms. The molecule has 28 heavy (non-hydrogen) atoms. The van der Waals surface area contributed by atoms with E-state index < -0.39 is 17.8 Å². The lowest BCUT2D eigenvalue weighted by atomic mass is 10.2. The summed E-state index contributed by atoms with van der Waals surface area (Å²) in [5.41, 5.74) is 0.238. The van der Waals surface area contributed by atoms with Gasteiger partial charge >= 0.3 is 5.97 Å². The van der Waals surface area contributed by atoms with Crippen molar-refractivity contribution in [3.63, 3.8) is 0 Å². The molecule has 0 aliphatic carbocycles. The molecule has 0 spiro atoms. The molecule has 2 aromatic heterocycles. The summed E-state index contributed by atoms with van der Waals surface area (Å²) in [4.78, 5) is 36.0. The van der Waals surface area contributed by atoms with E-state index in [9.17, 15) is 14.4 Å². The number of carboxylic acid groups (broad SMARTS) is 1. The van der Waals surface area contributed by atoms with Crippen LogP contribution in [-0.2, 0) is 22.6 Å². The van der Waals surface area contributed by atoms with Crippen LogP contribution in [0, 0.1) is 0 Å². The number of carboxylic acids is 1. The highest BCUT2D eigenvalue weighted by Gasteiger charge is 2.22. The molecule has 11 heteroatoms. The van der Waals surface area contributed by atoms with Crippen LogP contribution in [0.4, 0.5) is 5.69 Å². The van der Waals surface area contributed by atoms with Gasteiger partial charge in [-0.1, -0.05) is 0 Å². The molecule has 1 aliphatic heterocycles. The quantitative estimate of drug-likeness (QED) is 0.590. The van der Waals surface area contributed by atoms with Crippen molar-refractivity contribution in [1.29, 1.82) is 0 Å². The van der Waals surface area contributed by atoms with Crippen LogP contribution in [0.5, 0.6) is 0 Å². The standard InChI is InChI=1S/C17H22N6O5/c1-2-22-9-12(15(21-22)16(25)18-8-11-4-3-7-28-11)20-14(24)10-23-13(17(26)27)5-6-19-23/h5-6,9,11H,2-4,7-8,10H2,1H3,(H,18,25)(H,20,24)(H,26,27). The summed E-state index contributed by atoms with van der Waals surface area (Å²) in [7, 11) is 0. The van der Waals surface area contributed by atoms with Gasteiger partial charge in [-0.15, -0.1) is 0 Å². The predicted molar refractivity (Wildman–Crippen MR) is 97.0 cm³/mol. The lowest BCUT2D eigenvalue weighted by molar-refractivity contribution is -0.116. The highest BCUT2D eigenvalue weighted by atomic mass is 16.5. The second-order valence-electron chi connectivity index (χ2n) is 6.32. The van der Waals surface area contributed by atoms with Crippen molar-refractivity contribution in [3.8, 4) is 0 Å². The summed E-state index contributed by atoms with van der Waals surface area (Å²) in [5, 5.41) is 22.5. The van der Waals surface area contributed by atoms with E-state index in [1.54, 1.807) is 6.20 Å². The van der Waals surface area contributed by atoms with Crippen LogP contribution in [0.25, 0.3) is 0 Å². The molecule has 0 aromatic carbocycles. The first-order valence-electron chi connectivity index (χ1n) is 9.00. The number of aromatic carboxylic acids is 1. The van der Waals surface area contributed by atoms with Gasteiger partial charge in [0.2, 0.25) is 5.91 Å². The average Bonchev–Trinajstić information content (AvgIpc) is 3.40. The van der Waals surface area contributed by atoms with Crippen molar-refractivity contribution < 1.29 is 24.2 Å². The van der Waals surface area contributed by atoms with E-state index >= 15 is 0 Å². The van der Waals surface area contributed by atoms with Gasteiger partial charge < -0.3 is 20.5 Å². The maximum atomic E-state index is 12.5. The summed E-state index contributed by atoms with van der Waals surface area (Å²) < 4.78 is 8.09. The molecule has 3 rings (SSSR count). The Balaban J connectivity index is 1.67. The van der Waals surface area contributed by atoms with E-state index in [0.717, 1.165) is 17.5 Å². The average molecular weight is 390 g/mol. The summed E-state index contributed by atoms with van der Waals surface area (Å²) in [6.45, 7) is 3.14. The summed E-state index contributed by atoms with van der Waals surface area (Å²) in [5.74, 6) is -2.11. The number of carbonyl (C=O) groups excluding carboxylic acids is 2. The van der Waals surface area contributed by atoms with Gasteiger partial charge in [0.05, 0.1) is 11.8 Å². The van der Waals surface area contributed by atoms with Crippen molar-refractivity contribution in [3.05, 3.63) is 29.8 Å². The van der Waals surface area contributed by atoms with Gasteiger partial charge in [0.1, 0.15) is 12.2 Å². The van der Waals surface area contributed by atoms with E-state index in [0.29, 0.717) is 19.7 Å². The van der Waals surface area contributed by atoms with E-state index in [2.05, 4.69) is 20.8 Å². The Hall–Kier alpha value is -3.21. The third kappa shape index (κ3) is 4.55. The number of ether oxygens (including phenoxy) is 1. The topological polar surface area (TPSA) is 140 Å². The molecular formula is C17H22N6O5. The summed E-state index contributed by atoms with van der Waals surface area (Å²) in [6.07, 6.45) is 4.71. The van der Waals surface area contributed by atoms with Crippen molar-refractivity contribution in [2.75, 3.05) is 18.5 Å². The Bertz CT molecular complexity index is 867. The number of anilines is 1. The number of nitrogens with one attached hydrogen (secondary N) is 2. The Morgan fingerprint density at radius 1 is 1.39 bits per heavy atom. The fourth-order valence-electron chi connectivity index (χ4n) is 2.90. The van der Waals surface area contributed by atoms with Crippen molar-refractivity contribution in [2.24, 2.45) is 0 Å². The third-order valence-electron chi connectivity index (χ3n) is 4.32. The Labute approximate surface area is 160 Å². The summed E-state index contributed by atoms with van der Waals surface area (Å²) in [6, 6.07) is 1.30. The smallest absolute Gasteiger partial charge is 0.354 e. The number of hydrogen-bond acceptors (Lipinski definition) is 6. The molecule has 11 nitrogen and oxygen atoms in total. The van der Waals surface area contributed by atoms with Gasteiger partial charge in [0.15, 0.2) is 5.69 Å². The minimum Gasteiger partial charge on any atom is -0.477 e. The molecule has 2 aromatic rings. The number of nitrogens with zero attached hydrogens (tertiary/aromatic N) is 4. The van der Waals surface area contributed by atoms with Crippen LogP contribution in [0.2, 0.25) is 0 Å². The highest BCUT2D eigenvalue weighted by Crippen LogP contribution is 2.15. The third-order valence-corrected chi connectivity index (χ3v) is 4.32. The molecule has 0 radical (unpaired) electrons. The van der Waals surface area contributed by atoms with Crippen LogP contribution >= 0.6 is 0 Å². The zero-order valence-corrected chi connectivity index (χ0v) is 15.4. The van der Waals surface area contributed by atoms with Crippen molar-refractivity contribution in [2.45, 2.75) is 39.0 Å². The van der Waals surface area contributed by atoms with E-state index in [-0.39, 0.29) is 29.7 Å². The lowest BCUT2D eigenvalue weighted by Crippen LogP contribution is -2.33. The van der Waals surface area contributed by atoms with Crippen molar-refractivity contribution >= 4 is 23.5 Å². The number of aryl methyl sites for hydroxylation is 1. The van der Waals surface area contributed by atoms with Gasteiger partial charge in [-0.3, -0.25) is 14.3 Å². The maximum absolute atomic E-state index is 12.5. The largest absolute Gasteiger partial charge is 0.477 e. The minimum absolute atomic E-state index is 0.00972. The molecule has 1 fully saturated rings. The van der Waals surface area contributed by atoms with Gasteiger partial charge in [-0.25, -0.2) is 9.48 Å². The first-order valence-corrected chi connectivity index (χ1v) is 9.00. The molecule has 1 unspecified atom stereocenters. The van der Waals surface area contributed by atoms with Crippen molar-refractivity contribution in [1.82, 2.24) is 24.9 Å². The van der Waals surface area contributed by atoms with Gasteiger partial charge in [0.25, 0.3) is 5.91 Å². The monoisotopic (exact) mass is 390 g/mol. The molecule has 3 heterocycles. The van der Waals surface area contributed by atoms with Gasteiger partial charge in [0, 0.05) is 32.1 Å². The first-order chi connectivity index (χ1) is 13.5. The predicted octanol–water partition coefficient (Wildman–Crippen LogP) is 0.345. The second-order valence-corrected chi connectivity index (χ2v) is 6.32.